The van der Waals surface area contributed by atoms with Crippen LogP contribution in [0.15, 0.2) is 22.7 Å². The minimum atomic E-state index is -0.472. The van der Waals surface area contributed by atoms with Crippen LogP contribution in [-0.2, 0) is 11.2 Å². The summed E-state index contributed by atoms with van der Waals surface area (Å²) in [5.74, 6) is 0.0658. The third kappa shape index (κ3) is 3.16. The maximum absolute atomic E-state index is 12.1. The molecule has 6 nitrogen and oxygen atoms in total. The summed E-state index contributed by atoms with van der Waals surface area (Å²) in [6, 6.07) is 3.36. The molecule has 2 aromatic heterocycles. The van der Waals surface area contributed by atoms with Crippen molar-refractivity contribution in [3.05, 3.63) is 41.1 Å². The lowest BCUT2D eigenvalue weighted by atomic mass is 10.2. The van der Waals surface area contributed by atoms with E-state index < -0.39 is 11.9 Å². The monoisotopic (exact) mass is 290 g/mol. The van der Waals surface area contributed by atoms with Crippen LogP contribution in [0.5, 0.6) is 0 Å². The van der Waals surface area contributed by atoms with Gasteiger partial charge >= 0.3 is 5.97 Å². The first-order chi connectivity index (χ1) is 10.1. The number of esters is 1. The summed E-state index contributed by atoms with van der Waals surface area (Å²) >= 11 is 0. The molecule has 2 aromatic rings. The Hall–Kier alpha value is -2.50. The number of amides is 1. The largest absolute Gasteiger partial charge is 0.462 e. The van der Waals surface area contributed by atoms with Gasteiger partial charge in [0.1, 0.15) is 11.3 Å². The molecule has 0 aliphatic rings. The zero-order valence-corrected chi connectivity index (χ0v) is 12.3. The Bertz CT molecular complexity index is 654. The number of ether oxygens (including phenoxy) is 1. The van der Waals surface area contributed by atoms with Crippen molar-refractivity contribution in [1.82, 2.24) is 4.98 Å². The van der Waals surface area contributed by atoms with E-state index in [1.165, 1.54) is 0 Å². The van der Waals surface area contributed by atoms with E-state index in [1.807, 2.05) is 6.92 Å². The van der Waals surface area contributed by atoms with Gasteiger partial charge in [-0.2, -0.15) is 0 Å². The van der Waals surface area contributed by atoms with Gasteiger partial charge in [0, 0.05) is 18.3 Å². The molecule has 0 aliphatic carbocycles. The second-order valence-electron chi connectivity index (χ2n) is 4.50. The predicted octanol–water partition coefficient (Wildman–Crippen LogP) is 2.91. The van der Waals surface area contributed by atoms with E-state index in [0.717, 1.165) is 5.76 Å². The standard InChI is InChI=1S/C15H18N2O4/c1-4-10-6-7-12(21-10)14(18)17-11-8-16-9(3)13(11)15(19)20-5-2/h6-8,16H,4-5H2,1-3H3,(H,17,18). The van der Waals surface area contributed by atoms with Crippen LogP contribution in [0.4, 0.5) is 5.69 Å². The van der Waals surface area contributed by atoms with Crippen molar-refractivity contribution < 1.29 is 18.7 Å². The summed E-state index contributed by atoms with van der Waals surface area (Å²) in [6.07, 6.45) is 2.27. The highest BCUT2D eigenvalue weighted by atomic mass is 16.5. The van der Waals surface area contributed by atoms with Gasteiger partial charge < -0.3 is 19.5 Å². The molecule has 0 fully saturated rings. The van der Waals surface area contributed by atoms with Gasteiger partial charge in [0.25, 0.3) is 5.91 Å². The molecular formula is C15H18N2O4. The minimum Gasteiger partial charge on any atom is -0.462 e. The molecule has 0 radical (unpaired) electrons. The molecule has 0 unspecified atom stereocenters. The number of H-pyrrole nitrogens is 1. The Kier molecular flexibility index (Phi) is 4.47. The van der Waals surface area contributed by atoms with E-state index in [1.54, 1.807) is 32.2 Å². The Morgan fingerprint density at radius 1 is 1.33 bits per heavy atom. The third-order valence-electron chi connectivity index (χ3n) is 3.04. The molecule has 0 spiro atoms. The van der Waals surface area contributed by atoms with Crippen LogP contribution in [0.3, 0.4) is 0 Å². The predicted molar refractivity (Wildman–Crippen MR) is 77.5 cm³/mol. The average molecular weight is 290 g/mol. The Labute approximate surface area is 122 Å². The topological polar surface area (TPSA) is 84.3 Å². The van der Waals surface area contributed by atoms with Crippen molar-refractivity contribution >= 4 is 17.6 Å². The smallest absolute Gasteiger partial charge is 0.342 e. The van der Waals surface area contributed by atoms with Crippen molar-refractivity contribution in [1.29, 1.82) is 0 Å². The van der Waals surface area contributed by atoms with E-state index >= 15 is 0 Å². The number of furan rings is 1. The summed E-state index contributed by atoms with van der Waals surface area (Å²) in [4.78, 5) is 26.9. The number of aromatic amines is 1. The second-order valence-corrected chi connectivity index (χ2v) is 4.50. The molecule has 2 heterocycles. The number of aryl methyl sites for hydroxylation is 2. The average Bonchev–Trinajstić information content (AvgIpc) is 3.06. The molecule has 6 heteroatoms. The lowest BCUT2D eigenvalue weighted by Gasteiger charge is -2.06. The number of anilines is 1. The fraction of sp³-hybridized carbons (Fsp3) is 0.333. The Balaban J connectivity index is 2.19. The van der Waals surface area contributed by atoms with Gasteiger partial charge in [-0.05, 0) is 26.0 Å². The van der Waals surface area contributed by atoms with E-state index in [2.05, 4.69) is 10.3 Å². The van der Waals surface area contributed by atoms with Gasteiger partial charge in [0.2, 0.25) is 0 Å². The molecule has 0 bridgehead atoms. The van der Waals surface area contributed by atoms with Crippen molar-refractivity contribution in [2.24, 2.45) is 0 Å². The Morgan fingerprint density at radius 3 is 2.71 bits per heavy atom. The van der Waals surface area contributed by atoms with Gasteiger partial charge in [-0.1, -0.05) is 6.92 Å². The highest BCUT2D eigenvalue weighted by Crippen LogP contribution is 2.21. The summed E-state index contributed by atoms with van der Waals surface area (Å²) in [5, 5.41) is 2.66. The number of carbonyl (C=O) groups is 2. The highest BCUT2D eigenvalue weighted by molar-refractivity contribution is 6.07. The molecule has 0 saturated heterocycles. The number of carbonyl (C=O) groups excluding carboxylic acids is 2. The normalized spacial score (nSPS) is 10.4. The molecule has 0 aromatic carbocycles. The van der Waals surface area contributed by atoms with Gasteiger partial charge in [-0.25, -0.2) is 4.79 Å². The maximum Gasteiger partial charge on any atom is 0.342 e. The SMILES string of the molecule is CCOC(=O)c1c(NC(=O)c2ccc(CC)o2)c[nH]c1C. The summed E-state index contributed by atoms with van der Waals surface area (Å²) in [5.41, 5.74) is 1.34. The summed E-state index contributed by atoms with van der Waals surface area (Å²) < 4.78 is 10.4. The molecule has 2 rings (SSSR count). The van der Waals surface area contributed by atoms with Crippen molar-refractivity contribution in [3.63, 3.8) is 0 Å². The number of nitrogens with one attached hydrogen (secondary N) is 2. The number of hydrogen-bond donors (Lipinski definition) is 2. The van der Waals surface area contributed by atoms with E-state index in [-0.39, 0.29) is 12.4 Å². The van der Waals surface area contributed by atoms with Crippen molar-refractivity contribution in [3.8, 4) is 0 Å². The van der Waals surface area contributed by atoms with Gasteiger partial charge in [-0.3, -0.25) is 4.79 Å². The molecule has 21 heavy (non-hydrogen) atoms. The summed E-state index contributed by atoms with van der Waals surface area (Å²) in [6.45, 7) is 5.68. The highest BCUT2D eigenvalue weighted by Gasteiger charge is 2.20. The van der Waals surface area contributed by atoms with Gasteiger partial charge in [0.05, 0.1) is 12.3 Å². The minimum absolute atomic E-state index is 0.209. The molecule has 2 N–H and O–H groups in total. The first-order valence-electron chi connectivity index (χ1n) is 6.82. The second kappa shape index (κ2) is 6.30. The molecule has 0 atom stereocenters. The lowest BCUT2D eigenvalue weighted by molar-refractivity contribution is 0.0527. The zero-order chi connectivity index (χ0) is 15.4. The quantitative estimate of drug-likeness (QED) is 0.829. The molecule has 0 aliphatic heterocycles. The molecule has 1 amide bonds. The van der Waals surface area contributed by atoms with Crippen LogP contribution in [0, 0.1) is 6.92 Å². The lowest BCUT2D eigenvalue weighted by Crippen LogP contribution is -2.14. The fourth-order valence-corrected chi connectivity index (χ4v) is 1.97. The van der Waals surface area contributed by atoms with Crippen LogP contribution < -0.4 is 5.32 Å². The number of rotatable bonds is 5. The van der Waals surface area contributed by atoms with Crippen LogP contribution >= 0.6 is 0 Å². The van der Waals surface area contributed by atoms with Crippen molar-refractivity contribution in [2.45, 2.75) is 27.2 Å². The van der Waals surface area contributed by atoms with Crippen LogP contribution in [-0.4, -0.2) is 23.5 Å². The molecule has 112 valence electrons. The Morgan fingerprint density at radius 2 is 2.10 bits per heavy atom. The number of hydrogen-bond acceptors (Lipinski definition) is 4. The first-order valence-corrected chi connectivity index (χ1v) is 6.82. The van der Waals surface area contributed by atoms with Gasteiger partial charge in [0.15, 0.2) is 5.76 Å². The number of aromatic nitrogens is 1. The maximum atomic E-state index is 12.1. The van der Waals surface area contributed by atoms with Crippen molar-refractivity contribution in [2.75, 3.05) is 11.9 Å². The van der Waals surface area contributed by atoms with Crippen LogP contribution in [0.1, 0.15) is 46.2 Å². The van der Waals surface area contributed by atoms with E-state index in [0.29, 0.717) is 23.4 Å². The third-order valence-corrected chi connectivity index (χ3v) is 3.04. The molecule has 0 saturated carbocycles. The van der Waals surface area contributed by atoms with E-state index in [4.69, 9.17) is 9.15 Å². The van der Waals surface area contributed by atoms with Crippen LogP contribution in [0.2, 0.25) is 0 Å². The molecular weight excluding hydrogens is 272 g/mol. The van der Waals surface area contributed by atoms with Crippen LogP contribution in [0.25, 0.3) is 0 Å². The van der Waals surface area contributed by atoms with E-state index in [9.17, 15) is 9.59 Å². The zero-order valence-electron chi connectivity index (χ0n) is 12.3. The first kappa shape index (κ1) is 14.9. The fourth-order valence-electron chi connectivity index (χ4n) is 1.97. The van der Waals surface area contributed by atoms with Gasteiger partial charge in [-0.15, -0.1) is 0 Å². The summed E-state index contributed by atoms with van der Waals surface area (Å²) in [7, 11) is 0.